The van der Waals surface area contributed by atoms with Crippen LogP contribution in [0, 0.1) is 0 Å². The molecule has 1 heterocycles. The molecule has 3 rings (SSSR count). The Labute approximate surface area is 143 Å². The molecule has 0 aromatic heterocycles. The fourth-order valence-electron chi connectivity index (χ4n) is 2.05. The molecule has 116 valence electrons. The Bertz CT molecular complexity index is 843. The van der Waals surface area contributed by atoms with Crippen LogP contribution >= 0.6 is 23.2 Å². The summed E-state index contributed by atoms with van der Waals surface area (Å²) in [7, 11) is 1.56. The number of hydrogen-bond acceptors (Lipinski definition) is 4. The van der Waals surface area contributed by atoms with Crippen LogP contribution in [0.2, 0.25) is 10.0 Å². The third-order valence-corrected chi connectivity index (χ3v) is 3.75. The van der Waals surface area contributed by atoms with E-state index in [-0.39, 0.29) is 11.6 Å². The molecule has 0 spiro atoms. The van der Waals surface area contributed by atoms with Crippen LogP contribution in [0.1, 0.15) is 11.1 Å². The number of carbonyl (C=O) groups excluding carboxylic acids is 1. The summed E-state index contributed by atoms with van der Waals surface area (Å²) in [5.41, 5.74) is 1.47. The predicted molar refractivity (Wildman–Crippen MR) is 90.1 cm³/mol. The van der Waals surface area contributed by atoms with E-state index in [4.69, 9.17) is 32.7 Å². The summed E-state index contributed by atoms with van der Waals surface area (Å²) < 4.78 is 10.4. The van der Waals surface area contributed by atoms with E-state index in [2.05, 4.69) is 4.99 Å². The van der Waals surface area contributed by atoms with Gasteiger partial charge < -0.3 is 9.47 Å². The molecule has 0 saturated heterocycles. The number of rotatable bonds is 3. The Kier molecular flexibility index (Phi) is 4.37. The molecule has 0 saturated carbocycles. The van der Waals surface area contributed by atoms with Gasteiger partial charge in [0.2, 0.25) is 5.90 Å². The maximum absolute atomic E-state index is 12.0. The number of aliphatic imine (C=N–C) groups is 1. The second-order valence-electron chi connectivity index (χ2n) is 4.73. The zero-order valence-electron chi connectivity index (χ0n) is 12.0. The number of cyclic esters (lactones) is 1. The highest BCUT2D eigenvalue weighted by molar-refractivity contribution is 6.35. The maximum Gasteiger partial charge on any atom is 0.363 e. The first-order valence-corrected chi connectivity index (χ1v) is 7.44. The maximum atomic E-state index is 12.0. The molecule has 2 aromatic carbocycles. The minimum atomic E-state index is -0.533. The summed E-state index contributed by atoms with van der Waals surface area (Å²) in [5, 5.41) is 0.953. The number of hydrogen-bond donors (Lipinski definition) is 0. The van der Waals surface area contributed by atoms with Gasteiger partial charge in [0.25, 0.3) is 0 Å². The van der Waals surface area contributed by atoms with Crippen molar-refractivity contribution >= 4 is 41.1 Å². The van der Waals surface area contributed by atoms with Gasteiger partial charge in [0.05, 0.1) is 7.11 Å². The summed E-state index contributed by atoms with van der Waals surface area (Å²) in [5.74, 6) is 0.346. The van der Waals surface area contributed by atoms with E-state index in [1.165, 1.54) is 0 Å². The lowest BCUT2D eigenvalue weighted by atomic mass is 10.2. The molecule has 0 fully saturated rings. The van der Waals surface area contributed by atoms with Gasteiger partial charge in [0.15, 0.2) is 5.70 Å². The fourth-order valence-corrected chi connectivity index (χ4v) is 2.52. The molecule has 0 unspecified atom stereocenters. The molecule has 1 aliphatic heterocycles. The van der Waals surface area contributed by atoms with Crippen molar-refractivity contribution in [2.45, 2.75) is 0 Å². The molecule has 6 heteroatoms. The van der Waals surface area contributed by atoms with Crippen LogP contribution in [0.15, 0.2) is 53.2 Å². The van der Waals surface area contributed by atoms with Crippen molar-refractivity contribution in [2.75, 3.05) is 7.11 Å². The van der Waals surface area contributed by atoms with Gasteiger partial charge in [0.1, 0.15) is 5.75 Å². The number of benzene rings is 2. The van der Waals surface area contributed by atoms with Gasteiger partial charge in [-0.25, -0.2) is 9.79 Å². The van der Waals surface area contributed by atoms with E-state index >= 15 is 0 Å². The van der Waals surface area contributed by atoms with E-state index in [0.29, 0.717) is 26.9 Å². The molecule has 23 heavy (non-hydrogen) atoms. The second-order valence-corrected chi connectivity index (χ2v) is 5.58. The van der Waals surface area contributed by atoms with Crippen LogP contribution < -0.4 is 4.74 Å². The molecular weight excluding hydrogens is 337 g/mol. The van der Waals surface area contributed by atoms with Crippen molar-refractivity contribution in [1.82, 2.24) is 0 Å². The van der Waals surface area contributed by atoms with E-state index in [1.807, 2.05) is 0 Å². The molecule has 0 amide bonds. The highest BCUT2D eigenvalue weighted by Gasteiger charge is 2.24. The van der Waals surface area contributed by atoms with Gasteiger partial charge in [-0.05, 0) is 42.0 Å². The Morgan fingerprint density at radius 3 is 2.74 bits per heavy atom. The minimum Gasteiger partial charge on any atom is -0.497 e. The van der Waals surface area contributed by atoms with Crippen molar-refractivity contribution in [3.8, 4) is 5.75 Å². The molecule has 1 aliphatic rings. The van der Waals surface area contributed by atoms with Crippen LogP contribution in [0.5, 0.6) is 5.75 Å². The first-order chi connectivity index (χ1) is 11.1. The lowest BCUT2D eigenvalue weighted by molar-refractivity contribution is -0.129. The van der Waals surface area contributed by atoms with Crippen LogP contribution in [0.3, 0.4) is 0 Å². The first-order valence-electron chi connectivity index (χ1n) is 6.69. The number of esters is 1. The quantitative estimate of drug-likeness (QED) is 0.612. The number of methoxy groups -OCH3 is 1. The van der Waals surface area contributed by atoms with Crippen molar-refractivity contribution in [3.05, 3.63) is 69.3 Å². The number of carbonyl (C=O) groups is 1. The molecule has 0 bridgehead atoms. The predicted octanol–water partition coefficient (Wildman–Crippen LogP) is 4.35. The Hall–Kier alpha value is -2.30. The Morgan fingerprint density at radius 1 is 1.17 bits per heavy atom. The highest BCUT2D eigenvalue weighted by Crippen LogP contribution is 2.26. The topological polar surface area (TPSA) is 47.9 Å². The summed E-state index contributed by atoms with van der Waals surface area (Å²) in [6.45, 7) is 0. The van der Waals surface area contributed by atoms with Crippen molar-refractivity contribution in [1.29, 1.82) is 0 Å². The van der Waals surface area contributed by atoms with E-state index in [9.17, 15) is 4.79 Å². The molecule has 0 radical (unpaired) electrons. The van der Waals surface area contributed by atoms with E-state index < -0.39 is 5.97 Å². The number of ether oxygens (including phenoxy) is 2. The smallest absolute Gasteiger partial charge is 0.363 e. The van der Waals surface area contributed by atoms with Crippen LogP contribution in [0.4, 0.5) is 0 Å². The van der Waals surface area contributed by atoms with Crippen molar-refractivity contribution in [3.63, 3.8) is 0 Å². The zero-order valence-corrected chi connectivity index (χ0v) is 13.6. The van der Waals surface area contributed by atoms with Crippen LogP contribution in [-0.4, -0.2) is 19.0 Å². The van der Waals surface area contributed by atoms with Gasteiger partial charge in [0, 0.05) is 15.6 Å². The Morgan fingerprint density at radius 2 is 2.00 bits per heavy atom. The SMILES string of the molecule is COc1cccc(C2=NC(=Cc3ccc(Cl)cc3Cl)C(=O)O2)c1. The summed E-state index contributed by atoms with van der Waals surface area (Å²) in [4.78, 5) is 16.2. The van der Waals surface area contributed by atoms with Gasteiger partial charge in [-0.15, -0.1) is 0 Å². The number of halogens is 2. The van der Waals surface area contributed by atoms with Gasteiger partial charge in [-0.2, -0.15) is 0 Å². The Balaban J connectivity index is 1.96. The second kappa shape index (κ2) is 6.44. The van der Waals surface area contributed by atoms with Crippen molar-refractivity contribution < 1.29 is 14.3 Å². The summed E-state index contributed by atoms with van der Waals surface area (Å²) in [6.07, 6.45) is 1.56. The normalized spacial score (nSPS) is 15.5. The monoisotopic (exact) mass is 347 g/mol. The molecule has 2 aromatic rings. The van der Waals surface area contributed by atoms with Crippen LogP contribution in [0.25, 0.3) is 6.08 Å². The average Bonchev–Trinajstić information content (AvgIpc) is 2.91. The minimum absolute atomic E-state index is 0.173. The highest BCUT2D eigenvalue weighted by atomic mass is 35.5. The molecular formula is C17H11Cl2NO3. The molecule has 4 nitrogen and oxygen atoms in total. The molecule has 0 aliphatic carbocycles. The molecule has 0 N–H and O–H groups in total. The van der Waals surface area contributed by atoms with Gasteiger partial charge in [-0.3, -0.25) is 0 Å². The van der Waals surface area contributed by atoms with Gasteiger partial charge >= 0.3 is 5.97 Å². The average molecular weight is 348 g/mol. The fraction of sp³-hybridized carbons (Fsp3) is 0.0588. The largest absolute Gasteiger partial charge is 0.497 e. The first kappa shape index (κ1) is 15.6. The van der Waals surface area contributed by atoms with Crippen LogP contribution in [-0.2, 0) is 9.53 Å². The third kappa shape index (κ3) is 3.38. The summed E-state index contributed by atoms with van der Waals surface area (Å²) >= 11 is 12.0. The standard InChI is InChI=1S/C17H11Cl2NO3/c1-22-13-4-2-3-11(7-13)16-20-15(17(21)23-16)8-10-5-6-12(18)9-14(10)19/h2-9H,1H3. The zero-order chi connectivity index (χ0) is 16.4. The summed E-state index contributed by atoms with van der Waals surface area (Å²) in [6, 6.07) is 12.1. The van der Waals surface area contributed by atoms with E-state index in [1.54, 1.807) is 55.7 Å². The molecule has 0 atom stereocenters. The van der Waals surface area contributed by atoms with Gasteiger partial charge in [-0.1, -0.05) is 35.3 Å². The lowest BCUT2D eigenvalue weighted by Crippen LogP contribution is -2.05. The van der Waals surface area contributed by atoms with E-state index in [0.717, 1.165) is 0 Å². The van der Waals surface area contributed by atoms with Crippen molar-refractivity contribution in [2.24, 2.45) is 4.99 Å². The number of nitrogens with zero attached hydrogens (tertiary/aromatic N) is 1. The lowest BCUT2D eigenvalue weighted by Gasteiger charge is -2.02. The third-order valence-electron chi connectivity index (χ3n) is 3.19.